The molecule has 3 aromatic carbocycles. The molecule has 0 amide bonds. The molecule has 0 saturated carbocycles. The van der Waals surface area contributed by atoms with Gasteiger partial charge in [-0.05, 0) is 43.2 Å². The summed E-state index contributed by atoms with van der Waals surface area (Å²) >= 11 is 6.02. The number of nitrogens with one attached hydrogen (secondary N) is 1. The van der Waals surface area contributed by atoms with Crippen LogP contribution in [0.3, 0.4) is 0 Å². The van der Waals surface area contributed by atoms with Gasteiger partial charge < -0.3 is 0 Å². The van der Waals surface area contributed by atoms with Crippen molar-refractivity contribution in [2.24, 2.45) is 5.10 Å². The summed E-state index contributed by atoms with van der Waals surface area (Å²) in [4.78, 5) is 0. The number of benzene rings is 3. The smallest absolute Gasteiger partial charge is 0.0977 e. The molecule has 3 heteroatoms. The zero-order chi connectivity index (χ0) is 16.9. The Labute approximate surface area is 147 Å². The Morgan fingerprint density at radius 2 is 1.46 bits per heavy atom. The quantitative estimate of drug-likeness (QED) is 0.471. The number of hydrogen-bond acceptors (Lipinski definition) is 2. The van der Waals surface area contributed by atoms with Gasteiger partial charge in [0.1, 0.15) is 0 Å². The first-order chi connectivity index (χ1) is 11.6. The summed E-state index contributed by atoms with van der Waals surface area (Å²) in [5.41, 5.74) is 9.62. The van der Waals surface area contributed by atoms with Crippen molar-refractivity contribution < 1.29 is 0 Å². The van der Waals surface area contributed by atoms with Gasteiger partial charge in [0.25, 0.3) is 0 Å². The van der Waals surface area contributed by atoms with Crippen molar-refractivity contribution in [1.82, 2.24) is 0 Å². The summed E-state index contributed by atoms with van der Waals surface area (Å²) in [5, 5.41) is 5.41. The van der Waals surface area contributed by atoms with Gasteiger partial charge >= 0.3 is 0 Å². The van der Waals surface area contributed by atoms with Crippen molar-refractivity contribution in [3.8, 4) is 0 Å². The topological polar surface area (TPSA) is 24.4 Å². The van der Waals surface area contributed by atoms with E-state index in [2.05, 4.69) is 42.6 Å². The van der Waals surface area contributed by atoms with Crippen LogP contribution in [0.5, 0.6) is 0 Å². The molecule has 0 unspecified atom stereocenters. The number of hydrogen-bond donors (Lipinski definition) is 1. The Hall–Kier alpha value is -2.58. The van der Waals surface area contributed by atoms with Crippen LogP contribution in [0.1, 0.15) is 22.3 Å². The largest absolute Gasteiger partial charge is 0.278 e. The average Bonchev–Trinajstić information content (AvgIpc) is 2.61. The van der Waals surface area contributed by atoms with E-state index in [1.807, 2.05) is 54.6 Å². The van der Waals surface area contributed by atoms with E-state index in [0.29, 0.717) is 5.02 Å². The lowest BCUT2D eigenvalue weighted by atomic mass is 10.0. The van der Waals surface area contributed by atoms with E-state index in [4.69, 9.17) is 11.6 Å². The second kappa shape index (κ2) is 7.33. The number of halogens is 1. The monoisotopic (exact) mass is 334 g/mol. The highest BCUT2D eigenvalue weighted by molar-refractivity contribution is 6.30. The van der Waals surface area contributed by atoms with Gasteiger partial charge in [0.2, 0.25) is 0 Å². The molecular formula is C21H19ClN2. The third-order valence-electron chi connectivity index (χ3n) is 4.06. The molecule has 0 aliphatic heterocycles. The first kappa shape index (κ1) is 16.3. The maximum atomic E-state index is 6.02. The molecule has 0 spiro atoms. The maximum Gasteiger partial charge on any atom is 0.0977 e. The molecule has 0 radical (unpaired) electrons. The number of rotatable bonds is 4. The maximum absolute atomic E-state index is 6.02. The Morgan fingerprint density at radius 1 is 0.792 bits per heavy atom. The van der Waals surface area contributed by atoms with Crippen LogP contribution in [-0.2, 0) is 0 Å². The fourth-order valence-corrected chi connectivity index (χ4v) is 2.61. The van der Waals surface area contributed by atoms with E-state index in [9.17, 15) is 0 Å². The van der Waals surface area contributed by atoms with Crippen molar-refractivity contribution >= 4 is 23.0 Å². The Kier molecular flexibility index (Phi) is 4.97. The van der Waals surface area contributed by atoms with Crippen molar-refractivity contribution in [2.75, 3.05) is 5.43 Å². The lowest BCUT2D eigenvalue weighted by molar-refractivity contribution is 1.26. The van der Waals surface area contributed by atoms with Gasteiger partial charge in [-0.15, -0.1) is 0 Å². The predicted molar refractivity (Wildman–Crippen MR) is 103 cm³/mol. The molecule has 0 saturated heterocycles. The van der Waals surface area contributed by atoms with Crippen LogP contribution in [0, 0.1) is 13.8 Å². The van der Waals surface area contributed by atoms with Crippen LogP contribution in [0.15, 0.2) is 77.9 Å². The molecule has 0 bridgehead atoms. The molecule has 0 atom stereocenters. The highest BCUT2D eigenvalue weighted by Crippen LogP contribution is 2.19. The van der Waals surface area contributed by atoms with E-state index in [0.717, 1.165) is 22.5 Å². The van der Waals surface area contributed by atoms with E-state index in [1.54, 1.807) is 0 Å². The first-order valence-corrected chi connectivity index (χ1v) is 8.24. The molecule has 0 aliphatic carbocycles. The summed E-state index contributed by atoms with van der Waals surface area (Å²) in [5.74, 6) is 0. The van der Waals surface area contributed by atoms with Crippen LogP contribution < -0.4 is 5.43 Å². The van der Waals surface area contributed by atoms with Gasteiger partial charge in [0.05, 0.1) is 11.4 Å². The van der Waals surface area contributed by atoms with Crippen molar-refractivity contribution in [3.05, 3.63) is 100 Å². The summed E-state index contributed by atoms with van der Waals surface area (Å²) in [6.07, 6.45) is 0. The van der Waals surface area contributed by atoms with E-state index >= 15 is 0 Å². The molecule has 2 nitrogen and oxygen atoms in total. The van der Waals surface area contributed by atoms with Gasteiger partial charge in [-0.25, -0.2) is 0 Å². The van der Waals surface area contributed by atoms with Gasteiger partial charge in [-0.3, -0.25) is 5.43 Å². The van der Waals surface area contributed by atoms with Gasteiger partial charge in [0, 0.05) is 16.1 Å². The van der Waals surface area contributed by atoms with Crippen molar-refractivity contribution in [2.45, 2.75) is 13.8 Å². The molecule has 0 aliphatic rings. The second-order valence-electron chi connectivity index (χ2n) is 5.69. The van der Waals surface area contributed by atoms with E-state index in [-0.39, 0.29) is 0 Å². The first-order valence-electron chi connectivity index (χ1n) is 7.86. The SMILES string of the molecule is Cc1cccc(N/N=C(\c2ccccc2)c2ccc(Cl)cc2)c1C. The van der Waals surface area contributed by atoms with Crippen LogP contribution >= 0.6 is 11.6 Å². The van der Waals surface area contributed by atoms with Crippen LogP contribution in [-0.4, -0.2) is 5.71 Å². The van der Waals surface area contributed by atoms with Crippen LogP contribution in [0.4, 0.5) is 5.69 Å². The number of anilines is 1. The zero-order valence-corrected chi connectivity index (χ0v) is 14.5. The lowest BCUT2D eigenvalue weighted by Crippen LogP contribution is -2.07. The molecule has 24 heavy (non-hydrogen) atoms. The fraction of sp³-hybridized carbons (Fsp3) is 0.0952. The molecule has 3 aromatic rings. The third kappa shape index (κ3) is 3.66. The van der Waals surface area contributed by atoms with Gasteiger partial charge in [0.15, 0.2) is 0 Å². The fourth-order valence-electron chi connectivity index (χ4n) is 2.49. The standard InChI is InChI=1S/C21H19ClN2/c1-15-7-6-10-20(16(15)2)23-24-21(17-8-4-3-5-9-17)18-11-13-19(22)14-12-18/h3-14,23H,1-2H3/b24-21+. The number of nitrogens with zero attached hydrogens (tertiary/aromatic N) is 1. The number of aryl methyl sites for hydroxylation is 1. The number of hydrazone groups is 1. The van der Waals surface area contributed by atoms with Crippen LogP contribution in [0.25, 0.3) is 0 Å². The molecule has 0 fully saturated rings. The third-order valence-corrected chi connectivity index (χ3v) is 4.31. The normalized spacial score (nSPS) is 11.4. The average molecular weight is 335 g/mol. The predicted octanol–water partition coefficient (Wildman–Crippen LogP) is 5.82. The minimum Gasteiger partial charge on any atom is -0.278 e. The van der Waals surface area contributed by atoms with Crippen molar-refractivity contribution in [1.29, 1.82) is 0 Å². The molecule has 0 aromatic heterocycles. The minimum atomic E-state index is 0.716. The Bertz CT molecular complexity index is 853. The summed E-state index contributed by atoms with van der Waals surface area (Å²) < 4.78 is 0. The molecule has 0 heterocycles. The Morgan fingerprint density at radius 3 is 2.17 bits per heavy atom. The molecule has 1 N–H and O–H groups in total. The molecular weight excluding hydrogens is 316 g/mol. The molecule has 120 valence electrons. The molecule has 3 rings (SSSR count). The lowest BCUT2D eigenvalue weighted by Gasteiger charge is -2.11. The Balaban J connectivity index is 2.01. The zero-order valence-electron chi connectivity index (χ0n) is 13.8. The second-order valence-corrected chi connectivity index (χ2v) is 6.13. The van der Waals surface area contributed by atoms with Gasteiger partial charge in [-0.1, -0.05) is 66.2 Å². The van der Waals surface area contributed by atoms with Gasteiger partial charge in [-0.2, -0.15) is 5.10 Å². The van der Waals surface area contributed by atoms with E-state index < -0.39 is 0 Å². The summed E-state index contributed by atoms with van der Waals surface area (Å²) in [6.45, 7) is 4.19. The van der Waals surface area contributed by atoms with E-state index in [1.165, 1.54) is 11.1 Å². The highest BCUT2D eigenvalue weighted by atomic mass is 35.5. The van der Waals surface area contributed by atoms with Crippen molar-refractivity contribution in [3.63, 3.8) is 0 Å². The minimum absolute atomic E-state index is 0.716. The summed E-state index contributed by atoms with van der Waals surface area (Å²) in [7, 11) is 0. The van der Waals surface area contributed by atoms with Crippen LogP contribution in [0.2, 0.25) is 5.02 Å². The highest BCUT2D eigenvalue weighted by Gasteiger charge is 2.08. The summed E-state index contributed by atoms with van der Waals surface area (Å²) in [6, 6.07) is 24.0.